The van der Waals surface area contributed by atoms with Crippen molar-refractivity contribution in [3.63, 3.8) is 0 Å². The molecule has 0 N–H and O–H groups in total. The molecule has 0 radical (unpaired) electrons. The second kappa shape index (κ2) is 10.5. The third kappa shape index (κ3) is 4.39. The zero-order valence-corrected chi connectivity index (χ0v) is 21.1. The van der Waals surface area contributed by atoms with E-state index in [-0.39, 0.29) is 0 Å². The zero-order valence-electron chi connectivity index (χ0n) is 21.1. The molecular formula is C37H30. The number of hydrogen-bond acceptors (Lipinski definition) is 0. The van der Waals surface area contributed by atoms with Gasteiger partial charge in [0.15, 0.2) is 0 Å². The number of rotatable bonds is 8. The summed E-state index contributed by atoms with van der Waals surface area (Å²) in [5.41, 5.74) is 11.3. The minimum absolute atomic E-state index is 0.718. The molecule has 0 fully saturated rings. The van der Waals surface area contributed by atoms with Crippen LogP contribution in [0.25, 0.3) is 61.9 Å². The zero-order chi connectivity index (χ0) is 25.8. The van der Waals surface area contributed by atoms with Crippen LogP contribution in [-0.4, -0.2) is 0 Å². The van der Waals surface area contributed by atoms with Gasteiger partial charge >= 0.3 is 0 Å². The number of allylic oxidation sites excluding steroid dienone is 2. The molecule has 0 atom stereocenters. The third-order valence-corrected chi connectivity index (χ3v) is 6.93. The minimum Gasteiger partial charge on any atom is -0.103 e. The van der Waals surface area contributed by atoms with Crippen molar-refractivity contribution < 1.29 is 0 Å². The molecule has 0 amide bonds. The summed E-state index contributed by atoms with van der Waals surface area (Å²) >= 11 is 0. The Morgan fingerprint density at radius 2 is 1.11 bits per heavy atom. The van der Waals surface area contributed by atoms with Crippen LogP contribution in [0.4, 0.5) is 0 Å². The average Bonchev–Trinajstić information content (AvgIpc) is 2.96. The molecule has 0 bridgehead atoms. The molecule has 0 heterocycles. The Bertz CT molecular complexity index is 1630. The largest absolute Gasteiger partial charge is 0.103 e. The van der Waals surface area contributed by atoms with E-state index in [9.17, 15) is 0 Å². The standard InChI is InChI=1S/C37H30/c1-5-16-26(4)32-24-23-29(27-17-10-8-11-18-27)25-35(32)37-31(7-3)30(6-2)36(28-19-12-9-13-20-28)33-21-14-15-22-34(33)37/h5-15,17-25H,1-4,16H2. The smallest absolute Gasteiger partial charge is 0.00203 e. The summed E-state index contributed by atoms with van der Waals surface area (Å²) in [7, 11) is 0. The van der Waals surface area contributed by atoms with Crippen LogP contribution in [0.15, 0.2) is 136 Å². The van der Waals surface area contributed by atoms with E-state index < -0.39 is 0 Å². The highest BCUT2D eigenvalue weighted by atomic mass is 14.2. The number of hydrogen-bond donors (Lipinski definition) is 0. The van der Waals surface area contributed by atoms with Crippen LogP contribution in [0.3, 0.4) is 0 Å². The lowest BCUT2D eigenvalue weighted by Crippen LogP contribution is -1.98. The summed E-state index contributed by atoms with van der Waals surface area (Å²) in [6.07, 6.45) is 6.57. The molecule has 5 aromatic carbocycles. The molecule has 0 aromatic heterocycles. The van der Waals surface area contributed by atoms with Crippen molar-refractivity contribution in [2.75, 3.05) is 0 Å². The van der Waals surface area contributed by atoms with Crippen LogP contribution in [0.2, 0.25) is 0 Å². The van der Waals surface area contributed by atoms with Crippen molar-refractivity contribution in [3.05, 3.63) is 152 Å². The molecule has 5 aromatic rings. The molecule has 0 saturated carbocycles. The van der Waals surface area contributed by atoms with Gasteiger partial charge in [-0.15, -0.1) is 6.58 Å². The Kier molecular flexibility index (Phi) is 6.83. The highest BCUT2D eigenvalue weighted by Crippen LogP contribution is 2.45. The van der Waals surface area contributed by atoms with E-state index in [4.69, 9.17) is 0 Å². The van der Waals surface area contributed by atoms with Crippen molar-refractivity contribution >= 4 is 28.5 Å². The fourth-order valence-electron chi connectivity index (χ4n) is 5.26. The lowest BCUT2D eigenvalue weighted by molar-refractivity contribution is 1.41. The van der Waals surface area contributed by atoms with Crippen molar-refractivity contribution in [2.24, 2.45) is 0 Å². The van der Waals surface area contributed by atoms with Crippen molar-refractivity contribution in [1.29, 1.82) is 0 Å². The Hall–Kier alpha value is -4.68. The Balaban J connectivity index is 1.93. The van der Waals surface area contributed by atoms with Gasteiger partial charge in [0.2, 0.25) is 0 Å². The van der Waals surface area contributed by atoms with Crippen LogP contribution in [0.5, 0.6) is 0 Å². The first-order chi connectivity index (χ1) is 18.2. The third-order valence-electron chi connectivity index (χ3n) is 6.93. The molecule has 0 saturated heterocycles. The molecular weight excluding hydrogens is 444 g/mol. The van der Waals surface area contributed by atoms with Crippen molar-refractivity contribution in [2.45, 2.75) is 6.42 Å². The summed E-state index contributed by atoms with van der Waals surface area (Å²) in [6.45, 7) is 16.9. The molecule has 0 unspecified atom stereocenters. The van der Waals surface area contributed by atoms with Crippen LogP contribution >= 0.6 is 0 Å². The Labute approximate surface area is 220 Å². The summed E-state index contributed by atoms with van der Waals surface area (Å²) in [5, 5.41) is 2.37. The SMILES string of the molecule is C=CCC(=C)c1ccc(-c2ccccc2)cc1-c1c(C=C)c(C=C)c(-c2ccccc2)c2ccccc12. The topological polar surface area (TPSA) is 0 Å². The van der Waals surface area contributed by atoms with Gasteiger partial charge in [-0.3, -0.25) is 0 Å². The maximum atomic E-state index is 4.43. The second-order valence-corrected chi connectivity index (χ2v) is 9.12. The van der Waals surface area contributed by atoms with Gasteiger partial charge in [-0.2, -0.15) is 0 Å². The van der Waals surface area contributed by atoms with Crippen molar-refractivity contribution in [3.8, 4) is 33.4 Å². The summed E-state index contributed by atoms with van der Waals surface area (Å²) in [6, 6.07) is 36.4. The maximum absolute atomic E-state index is 4.43. The van der Waals surface area contributed by atoms with Gasteiger partial charge < -0.3 is 0 Å². The Morgan fingerprint density at radius 3 is 1.70 bits per heavy atom. The molecule has 0 aliphatic rings. The van der Waals surface area contributed by atoms with Crippen LogP contribution < -0.4 is 0 Å². The molecule has 37 heavy (non-hydrogen) atoms. The van der Waals surface area contributed by atoms with Gasteiger partial charge in [0, 0.05) is 0 Å². The van der Waals surface area contributed by atoms with Gasteiger partial charge in [-0.05, 0) is 78.9 Å². The number of benzene rings is 5. The van der Waals surface area contributed by atoms with Gasteiger partial charge in [-0.25, -0.2) is 0 Å². The second-order valence-electron chi connectivity index (χ2n) is 9.12. The van der Waals surface area contributed by atoms with Crippen LogP contribution in [0.1, 0.15) is 23.1 Å². The molecule has 0 nitrogen and oxygen atoms in total. The lowest BCUT2D eigenvalue weighted by atomic mass is 9.81. The first-order valence-electron chi connectivity index (χ1n) is 12.6. The van der Waals surface area contributed by atoms with E-state index in [1.165, 1.54) is 21.9 Å². The van der Waals surface area contributed by atoms with E-state index in [2.05, 4.69) is 123 Å². The quantitative estimate of drug-likeness (QED) is 0.196. The maximum Gasteiger partial charge on any atom is -0.00203 e. The van der Waals surface area contributed by atoms with Crippen LogP contribution in [-0.2, 0) is 0 Å². The first kappa shape index (κ1) is 24.0. The predicted molar refractivity (Wildman–Crippen MR) is 164 cm³/mol. The monoisotopic (exact) mass is 474 g/mol. The van der Waals surface area contributed by atoms with E-state index in [1.54, 1.807) is 0 Å². The van der Waals surface area contributed by atoms with E-state index in [1.807, 2.05) is 24.3 Å². The van der Waals surface area contributed by atoms with Gasteiger partial charge in [0.1, 0.15) is 0 Å². The van der Waals surface area contributed by atoms with Gasteiger partial charge in [0.05, 0.1) is 0 Å². The first-order valence-corrected chi connectivity index (χ1v) is 12.6. The molecule has 0 spiro atoms. The fourth-order valence-corrected chi connectivity index (χ4v) is 5.26. The highest BCUT2D eigenvalue weighted by molar-refractivity contribution is 6.12. The van der Waals surface area contributed by atoms with E-state index in [0.29, 0.717) is 0 Å². The van der Waals surface area contributed by atoms with Gasteiger partial charge in [-0.1, -0.05) is 135 Å². The average molecular weight is 475 g/mol. The van der Waals surface area contributed by atoms with E-state index >= 15 is 0 Å². The molecule has 178 valence electrons. The van der Waals surface area contributed by atoms with Gasteiger partial charge in [0.25, 0.3) is 0 Å². The minimum atomic E-state index is 0.718. The highest BCUT2D eigenvalue weighted by Gasteiger charge is 2.21. The fraction of sp³-hybridized carbons (Fsp3) is 0.0270. The molecule has 0 aliphatic carbocycles. The molecule has 0 heteroatoms. The van der Waals surface area contributed by atoms with Crippen molar-refractivity contribution in [1.82, 2.24) is 0 Å². The normalized spacial score (nSPS) is 10.7. The van der Waals surface area contributed by atoms with Crippen LogP contribution in [0, 0.1) is 0 Å². The number of fused-ring (bicyclic) bond motifs is 1. The van der Waals surface area contributed by atoms with E-state index in [0.717, 1.165) is 50.9 Å². The lowest BCUT2D eigenvalue weighted by Gasteiger charge is -2.22. The predicted octanol–water partition coefficient (Wildman–Crippen LogP) is 10.7. The molecule has 0 aliphatic heterocycles. The molecule has 5 rings (SSSR count). The summed E-state index contributed by atoms with van der Waals surface area (Å²) < 4.78 is 0. The summed E-state index contributed by atoms with van der Waals surface area (Å²) in [5.74, 6) is 0. The summed E-state index contributed by atoms with van der Waals surface area (Å²) in [4.78, 5) is 0. The Morgan fingerprint density at radius 1 is 0.568 bits per heavy atom.